The van der Waals surface area contributed by atoms with Crippen LogP contribution in [0.25, 0.3) is 0 Å². The van der Waals surface area contributed by atoms with Gasteiger partial charge in [-0.25, -0.2) is 9.18 Å². The fourth-order valence-corrected chi connectivity index (χ4v) is 1.59. The zero-order valence-electron chi connectivity index (χ0n) is 10.6. The maximum absolute atomic E-state index is 13.6. The van der Waals surface area contributed by atoms with E-state index < -0.39 is 22.8 Å². The molecule has 0 aliphatic rings. The third kappa shape index (κ3) is 3.64. The first-order chi connectivity index (χ1) is 8.86. The first kappa shape index (κ1) is 14.9. The summed E-state index contributed by atoms with van der Waals surface area (Å²) in [4.78, 5) is 20.9. The summed E-state index contributed by atoms with van der Waals surface area (Å²) in [6.45, 7) is 3.56. The van der Waals surface area contributed by atoms with Crippen LogP contribution in [-0.2, 0) is 4.79 Å². The van der Waals surface area contributed by atoms with Gasteiger partial charge < -0.3 is 10.4 Å². The number of halogens is 1. The molecule has 7 heteroatoms. The van der Waals surface area contributed by atoms with Crippen molar-refractivity contribution in [3.63, 3.8) is 0 Å². The molecule has 0 radical (unpaired) electrons. The molecule has 0 aliphatic heterocycles. The second-order valence-electron chi connectivity index (χ2n) is 4.27. The summed E-state index contributed by atoms with van der Waals surface area (Å²) < 4.78 is 13.6. The molecule has 0 bridgehead atoms. The van der Waals surface area contributed by atoms with E-state index in [1.807, 2.05) is 6.92 Å². The number of nitro benzene ring substituents is 1. The van der Waals surface area contributed by atoms with E-state index in [-0.39, 0.29) is 17.3 Å². The van der Waals surface area contributed by atoms with Crippen LogP contribution >= 0.6 is 0 Å². The Morgan fingerprint density at radius 3 is 2.63 bits per heavy atom. The Balaban J connectivity index is 2.97. The lowest BCUT2D eigenvalue weighted by molar-refractivity contribution is -0.385. The molecule has 2 N–H and O–H groups in total. The minimum absolute atomic E-state index is 0.0571. The van der Waals surface area contributed by atoms with E-state index in [1.54, 1.807) is 6.92 Å². The molecule has 6 nitrogen and oxygen atoms in total. The summed E-state index contributed by atoms with van der Waals surface area (Å²) in [5, 5.41) is 22.1. The van der Waals surface area contributed by atoms with Crippen LogP contribution in [0, 0.1) is 21.8 Å². The summed E-state index contributed by atoms with van der Waals surface area (Å²) >= 11 is 0. The van der Waals surface area contributed by atoms with Crippen LogP contribution in [0.2, 0.25) is 0 Å². The minimum Gasteiger partial charge on any atom is -0.480 e. The summed E-state index contributed by atoms with van der Waals surface area (Å²) in [6, 6.07) is 2.12. The zero-order valence-corrected chi connectivity index (χ0v) is 10.6. The Bertz CT molecular complexity index is 493. The number of hydrogen-bond acceptors (Lipinski definition) is 4. The average Bonchev–Trinajstić information content (AvgIpc) is 2.35. The molecular formula is C12H15FN2O4. The number of carboxylic acid groups (broad SMARTS) is 1. The van der Waals surface area contributed by atoms with Crippen molar-refractivity contribution in [1.29, 1.82) is 0 Å². The number of nitrogens with zero attached hydrogens (tertiary/aromatic N) is 1. The number of nitro groups is 1. The SMILES string of the molecule is CC[C@H](C)[C@H](Nc1ccc([N+](=O)[O-])cc1F)C(=O)O. The first-order valence-electron chi connectivity index (χ1n) is 5.80. The van der Waals surface area contributed by atoms with Gasteiger partial charge in [0.15, 0.2) is 5.82 Å². The van der Waals surface area contributed by atoms with E-state index in [2.05, 4.69) is 5.32 Å². The quantitative estimate of drug-likeness (QED) is 0.612. The van der Waals surface area contributed by atoms with Crippen molar-refractivity contribution in [3.8, 4) is 0 Å². The number of anilines is 1. The van der Waals surface area contributed by atoms with Crippen LogP contribution in [0.15, 0.2) is 18.2 Å². The summed E-state index contributed by atoms with van der Waals surface area (Å²) in [7, 11) is 0. The van der Waals surface area contributed by atoms with E-state index in [1.165, 1.54) is 6.07 Å². The molecule has 1 rings (SSSR count). The second kappa shape index (κ2) is 6.12. The van der Waals surface area contributed by atoms with Gasteiger partial charge in [-0.05, 0) is 12.0 Å². The van der Waals surface area contributed by atoms with Crippen LogP contribution < -0.4 is 5.32 Å². The Hall–Kier alpha value is -2.18. The standard InChI is InChI=1S/C12H15FN2O4/c1-3-7(2)11(12(16)17)14-10-5-4-8(15(18)19)6-9(10)13/h4-7,11,14H,3H2,1-2H3,(H,16,17)/t7-,11-/m0/s1. The smallest absolute Gasteiger partial charge is 0.326 e. The molecule has 104 valence electrons. The molecule has 0 heterocycles. The van der Waals surface area contributed by atoms with Gasteiger partial charge in [0, 0.05) is 6.07 Å². The lowest BCUT2D eigenvalue weighted by Gasteiger charge is -2.21. The van der Waals surface area contributed by atoms with Gasteiger partial charge in [0.25, 0.3) is 5.69 Å². The number of carbonyl (C=O) groups is 1. The van der Waals surface area contributed by atoms with E-state index in [4.69, 9.17) is 5.11 Å². The lowest BCUT2D eigenvalue weighted by atomic mass is 9.99. The molecule has 0 aliphatic carbocycles. The van der Waals surface area contributed by atoms with Gasteiger partial charge in [0.05, 0.1) is 16.7 Å². The molecule has 2 atom stereocenters. The number of hydrogen-bond donors (Lipinski definition) is 2. The summed E-state index contributed by atoms with van der Waals surface area (Å²) in [5.74, 6) is -2.14. The number of aliphatic carboxylic acids is 1. The second-order valence-corrected chi connectivity index (χ2v) is 4.27. The van der Waals surface area contributed by atoms with Gasteiger partial charge in [-0.2, -0.15) is 0 Å². The highest BCUT2D eigenvalue weighted by atomic mass is 19.1. The van der Waals surface area contributed by atoms with E-state index in [9.17, 15) is 19.3 Å². The zero-order chi connectivity index (χ0) is 14.6. The predicted octanol–water partition coefficient (Wildman–Crippen LogP) is 2.65. The Morgan fingerprint density at radius 2 is 2.21 bits per heavy atom. The molecular weight excluding hydrogens is 255 g/mol. The molecule has 0 unspecified atom stereocenters. The van der Waals surface area contributed by atoms with Gasteiger partial charge in [0.1, 0.15) is 6.04 Å². The first-order valence-corrected chi connectivity index (χ1v) is 5.80. The van der Waals surface area contributed by atoms with E-state index in [0.29, 0.717) is 6.42 Å². The van der Waals surface area contributed by atoms with Crippen LogP contribution in [0.3, 0.4) is 0 Å². The number of rotatable bonds is 6. The molecule has 1 aromatic carbocycles. The van der Waals surface area contributed by atoms with Gasteiger partial charge in [-0.15, -0.1) is 0 Å². The Labute approximate surface area is 109 Å². The van der Waals surface area contributed by atoms with Gasteiger partial charge in [0.2, 0.25) is 0 Å². The highest BCUT2D eigenvalue weighted by Gasteiger charge is 2.24. The molecule has 0 saturated carbocycles. The van der Waals surface area contributed by atoms with Crippen LogP contribution in [0.5, 0.6) is 0 Å². The van der Waals surface area contributed by atoms with Crippen molar-refractivity contribution in [3.05, 3.63) is 34.1 Å². The monoisotopic (exact) mass is 270 g/mol. The fraction of sp³-hybridized carbons (Fsp3) is 0.417. The maximum atomic E-state index is 13.6. The van der Waals surface area contributed by atoms with Crippen LogP contribution in [0.4, 0.5) is 15.8 Å². The largest absolute Gasteiger partial charge is 0.480 e. The Kier molecular flexibility index (Phi) is 4.80. The van der Waals surface area contributed by atoms with Gasteiger partial charge in [-0.1, -0.05) is 20.3 Å². The van der Waals surface area contributed by atoms with Gasteiger partial charge >= 0.3 is 5.97 Å². The van der Waals surface area contributed by atoms with Crippen LogP contribution in [0.1, 0.15) is 20.3 Å². The van der Waals surface area contributed by atoms with Crippen molar-refractivity contribution in [1.82, 2.24) is 0 Å². The van der Waals surface area contributed by atoms with Gasteiger partial charge in [-0.3, -0.25) is 10.1 Å². The predicted molar refractivity (Wildman–Crippen MR) is 67.6 cm³/mol. The third-order valence-electron chi connectivity index (χ3n) is 2.95. The molecule has 1 aromatic rings. The summed E-state index contributed by atoms with van der Waals surface area (Å²) in [5.41, 5.74) is -0.434. The number of non-ortho nitro benzene ring substituents is 1. The average molecular weight is 270 g/mol. The highest BCUT2D eigenvalue weighted by Crippen LogP contribution is 2.23. The Morgan fingerprint density at radius 1 is 1.58 bits per heavy atom. The third-order valence-corrected chi connectivity index (χ3v) is 2.95. The van der Waals surface area contributed by atoms with E-state index in [0.717, 1.165) is 12.1 Å². The highest BCUT2D eigenvalue weighted by molar-refractivity contribution is 5.77. The van der Waals surface area contributed by atoms with Crippen molar-refractivity contribution >= 4 is 17.3 Å². The van der Waals surface area contributed by atoms with E-state index >= 15 is 0 Å². The topological polar surface area (TPSA) is 92.5 Å². The number of carboxylic acids is 1. The summed E-state index contributed by atoms with van der Waals surface area (Å²) in [6.07, 6.45) is 0.610. The van der Waals surface area contributed by atoms with Crippen molar-refractivity contribution in [2.45, 2.75) is 26.3 Å². The normalized spacial score (nSPS) is 13.6. The molecule has 0 amide bonds. The minimum atomic E-state index is -1.09. The lowest BCUT2D eigenvalue weighted by Crippen LogP contribution is -2.35. The molecule has 0 saturated heterocycles. The fourth-order valence-electron chi connectivity index (χ4n) is 1.59. The number of nitrogens with one attached hydrogen (secondary N) is 1. The number of benzene rings is 1. The van der Waals surface area contributed by atoms with Crippen LogP contribution in [-0.4, -0.2) is 22.0 Å². The van der Waals surface area contributed by atoms with Crippen molar-refractivity contribution in [2.24, 2.45) is 5.92 Å². The maximum Gasteiger partial charge on any atom is 0.326 e. The van der Waals surface area contributed by atoms with Crippen molar-refractivity contribution in [2.75, 3.05) is 5.32 Å². The molecule has 19 heavy (non-hydrogen) atoms. The van der Waals surface area contributed by atoms with Crippen molar-refractivity contribution < 1.29 is 19.2 Å². The molecule has 0 fully saturated rings. The molecule has 0 aromatic heterocycles. The molecule has 0 spiro atoms.